The molecule has 0 spiro atoms. The largest absolute Gasteiger partial charge is 0.477 e. The van der Waals surface area contributed by atoms with Gasteiger partial charge in [0, 0.05) is 54.4 Å². The molecule has 0 saturated carbocycles. The number of nitrogens with zero attached hydrogens (tertiary/aromatic N) is 3. The number of hydrogen-bond donors (Lipinski definition) is 1. The maximum Gasteiger partial charge on any atom is 0.342 e. The second-order valence-corrected chi connectivity index (χ2v) is 7.40. The number of likely N-dealkylation sites (N-methyl/N-ethyl adjacent to an activating group) is 1. The van der Waals surface area contributed by atoms with Crippen LogP contribution in [-0.2, 0) is 6.67 Å². The first kappa shape index (κ1) is 17.0. The lowest BCUT2D eigenvalue weighted by Gasteiger charge is -2.35. The fourth-order valence-corrected chi connectivity index (χ4v) is 4.40. The summed E-state index contributed by atoms with van der Waals surface area (Å²) in [5.74, 6) is -1.26. The third-order valence-electron chi connectivity index (χ3n) is 4.95. The molecular formula is C18H18FN3O3S. The summed E-state index contributed by atoms with van der Waals surface area (Å²) < 4.78 is 15.4. The third-order valence-corrected chi connectivity index (χ3v) is 5.83. The van der Waals surface area contributed by atoms with Gasteiger partial charge in [-0.15, -0.1) is 11.3 Å². The number of carboxylic acids is 1. The number of carbonyl (C=O) groups is 1. The number of alkyl halides is 1. The summed E-state index contributed by atoms with van der Waals surface area (Å²) in [5, 5.41) is 11.4. The highest BCUT2D eigenvalue weighted by atomic mass is 32.1. The van der Waals surface area contributed by atoms with Crippen LogP contribution in [-0.4, -0.2) is 53.6 Å². The fourth-order valence-electron chi connectivity index (χ4n) is 3.52. The van der Waals surface area contributed by atoms with E-state index < -0.39 is 18.1 Å². The molecule has 3 aromatic rings. The van der Waals surface area contributed by atoms with E-state index in [0.29, 0.717) is 15.9 Å². The van der Waals surface area contributed by atoms with E-state index in [1.54, 1.807) is 16.0 Å². The molecule has 3 heterocycles. The van der Waals surface area contributed by atoms with Crippen LogP contribution in [0.15, 0.2) is 28.5 Å². The van der Waals surface area contributed by atoms with E-state index in [-0.39, 0.29) is 10.9 Å². The number of benzene rings is 1. The summed E-state index contributed by atoms with van der Waals surface area (Å²) in [5.41, 5.74) is 0.989. The number of carboxylic acid groups (broad SMARTS) is 1. The minimum atomic E-state index is -1.26. The Morgan fingerprint density at radius 3 is 2.65 bits per heavy atom. The normalized spacial score (nSPS) is 15.8. The van der Waals surface area contributed by atoms with E-state index in [1.807, 2.05) is 6.07 Å². The summed E-state index contributed by atoms with van der Waals surface area (Å²) in [6.45, 7) is 2.63. The number of pyridine rings is 1. The molecule has 1 aliphatic heterocycles. The lowest BCUT2D eigenvalue weighted by molar-refractivity contribution is 0.0697. The number of piperazine rings is 1. The summed E-state index contributed by atoms with van der Waals surface area (Å²) in [7, 11) is 2.05. The smallest absolute Gasteiger partial charge is 0.342 e. The van der Waals surface area contributed by atoms with Crippen LogP contribution in [0.4, 0.5) is 10.1 Å². The molecule has 0 aliphatic carbocycles. The first-order chi connectivity index (χ1) is 12.5. The topological polar surface area (TPSA) is 65.3 Å². The highest BCUT2D eigenvalue weighted by molar-refractivity contribution is 7.16. The molecule has 1 fully saturated rings. The number of aromatic carboxylic acids is 1. The minimum Gasteiger partial charge on any atom is -0.477 e. The average Bonchev–Trinajstić information content (AvgIpc) is 3.10. The van der Waals surface area contributed by atoms with Gasteiger partial charge in [-0.25, -0.2) is 9.18 Å². The highest BCUT2D eigenvalue weighted by Crippen LogP contribution is 2.30. The van der Waals surface area contributed by atoms with Crippen LogP contribution in [0.1, 0.15) is 15.9 Å². The Morgan fingerprint density at radius 2 is 2.00 bits per heavy atom. The number of aromatic nitrogens is 1. The number of anilines is 1. The standard InChI is InChI=1S/C18H18FN3O3S/c1-20-2-4-21(5-3-20)13-9-14-12(8-11(13)10-19)16(23)15(18(24)25)17-22(14)6-7-26-17/h6-9H,2-5,10H2,1H3,(H,24,25). The molecule has 2 aromatic heterocycles. The lowest BCUT2D eigenvalue weighted by Crippen LogP contribution is -2.44. The van der Waals surface area contributed by atoms with Crippen molar-refractivity contribution >= 4 is 38.7 Å². The monoisotopic (exact) mass is 375 g/mol. The van der Waals surface area contributed by atoms with Crippen molar-refractivity contribution in [3.63, 3.8) is 0 Å². The maximum absolute atomic E-state index is 13.7. The van der Waals surface area contributed by atoms with E-state index in [2.05, 4.69) is 16.8 Å². The van der Waals surface area contributed by atoms with Crippen LogP contribution in [0.3, 0.4) is 0 Å². The van der Waals surface area contributed by atoms with Crippen molar-refractivity contribution in [1.29, 1.82) is 0 Å². The van der Waals surface area contributed by atoms with Gasteiger partial charge in [-0.05, 0) is 19.2 Å². The van der Waals surface area contributed by atoms with Gasteiger partial charge in [-0.3, -0.25) is 4.79 Å². The molecule has 0 unspecified atom stereocenters. The second-order valence-electron chi connectivity index (χ2n) is 6.51. The van der Waals surface area contributed by atoms with E-state index in [9.17, 15) is 19.1 Å². The van der Waals surface area contributed by atoms with E-state index in [4.69, 9.17) is 0 Å². The molecule has 4 rings (SSSR count). The molecule has 0 radical (unpaired) electrons. The van der Waals surface area contributed by atoms with Gasteiger partial charge < -0.3 is 19.3 Å². The van der Waals surface area contributed by atoms with Gasteiger partial charge in [-0.2, -0.15) is 0 Å². The lowest BCUT2D eigenvalue weighted by atomic mass is 10.0. The Labute approximate surface area is 152 Å². The molecular weight excluding hydrogens is 357 g/mol. The van der Waals surface area contributed by atoms with Gasteiger partial charge in [0.25, 0.3) is 0 Å². The fraction of sp³-hybridized carbons (Fsp3) is 0.333. The molecule has 6 nitrogen and oxygen atoms in total. The van der Waals surface area contributed by atoms with E-state index in [0.717, 1.165) is 31.9 Å². The maximum atomic E-state index is 13.7. The Bertz CT molecular complexity index is 1070. The number of rotatable bonds is 3. The van der Waals surface area contributed by atoms with E-state index >= 15 is 0 Å². The van der Waals surface area contributed by atoms with Crippen molar-refractivity contribution in [2.75, 3.05) is 38.1 Å². The Morgan fingerprint density at radius 1 is 1.27 bits per heavy atom. The quantitative estimate of drug-likeness (QED) is 0.762. The van der Waals surface area contributed by atoms with Crippen LogP contribution in [0.5, 0.6) is 0 Å². The average molecular weight is 375 g/mol. The van der Waals surface area contributed by atoms with E-state index in [1.165, 1.54) is 17.4 Å². The molecule has 136 valence electrons. The Kier molecular flexibility index (Phi) is 4.16. The predicted octanol–water partition coefficient (Wildman–Crippen LogP) is 2.43. The van der Waals surface area contributed by atoms with Crippen molar-refractivity contribution in [2.24, 2.45) is 0 Å². The van der Waals surface area contributed by atoms with Gasteiger partial charge in [0.1, 0.15) is 17.1 Å². The third kappa shape index (κ3) is 2.57. The number of fused-ring (bicyclic) bond motifs is 3. The first-order valence-electron chi connectivity index (χ1n) is 8.32. The number of halogens is 1. The van der Waals surface area contributed by atoms with Crippen LogP contribution < -0.4 is 10.3 Å². The number of thiazole rings is 1. The molecule has 1 aliphatic rings. The van der Waals surface area contributed by atoms with Crippen molar-refractivity contribution in [3.8, 4) is 0 Å². The molecule has 0 amide bonds. The van der Waals surface area contributed by atoms with Gasteiger partial charge in [0.05, 0.1) is 5.52 Å². The summed E-state index contributed by atoms with van der Waals surface area (Å²) in [6, 6.07) is 3.34. The highest BCUT2D eigenvalue weighted by Gasteiger charge is 2.23. The predicted molar refractivity (Wildman–Crippen MR) is 101 cm³/mol. The summed E-state index contributed by atoms with van der Waals surface area (Å²) >= 11 is 1.21. The summed E-state index contributed by atoms with van der Waals surface area (Å²) in [6.07, 6.45) is 1.75. The first-order valence-corrected chi connectivity index (χ1v) is 9.20. The zero-order chi connectivity index (χ0) is 18.4. The van der Waals surface area contributed by atoms with Gasteiger partial charge >= 0.3 is 5.97 Å². The molecule has 8 heteroatoms. The number of hydrogen-bond acceptors (Lipinski definition) is 5. The zero-order valence-electron chi connectivity index (χ0n) is 14.2. The van der Waals surface area contributed by atoms with Crippen LogP contribution in [0, 0.1) is 0 Å². The molecule has 0 atom stereocenters. The van der Waals surface area contributed by atoms with Crippen molar-refractivity contribution in [2.45, 2.75) is 6.67 Å². The minimum absolute atomic E-state index is 0.240. The second kappa shape index (κ2) is 6.37. The molecule has 26 heavy (non-hydrogen) atoms. The van der Waals surface area contributed by atoms with Gasteiger partial charge in [-0.1, -0.05) is 0 Å². The van der Waals surface area contributed by atoms with Crippen molar-refractivity contribution < 1.29 is 14.3 Å². The molecule has 1 N–H and O–H groups in total. The van der Waals surface area contributed by atoms with Crippen LogP contribution in [0.2, 0.25) is 0 Å². The van der Waals surface area contributed by atoms with Crippen molar-refractivity contribution in [3.05, 3.63) is 45.1 Å². The summed E-state index contributed by atoms with van der Waals surface area (Å²) in [4.78, 5) is 29.1. The Balaban J connectivity index is 2.00. The molecule has 1 saturated heterocycles. The van der Waals surface area contributed by atoms with Crippen molar-refractivity contribution in [1.82, 2.24) is 9.30 Å². The van der Waals surface area contributed by atoms with Crippen LogP contribution in [0.25, 0.3) is 15.7 Å². The molecule has 1 aromatic carbocycles. The SMILES string of the molecule is CN1CCN(c2cc3c(cc2CF)c(=O)c(C(=O)O)c2sccn23)CC1. The zero-order valence-corrected chi connectivity index (χ0v) is 15.1. The van der Waals surface area contributed by atoms with Crippen LogP contribution >= 0.6 is 11.3 Å². The Hall–Kier alpha value is -2.45. The molecule has 0 bridgehead atoms. The van der Waals surface area contributed by atoms with Gasteiger partial charge in [0.15, 0.2) is 0 Å². The van der Waals surface area contributed by atoms with Gasteiger partial charge in [0.2, 0.25) is 5.43 Å².